The minimum Gasteiger partial charge on any atom is -0.497 e. The van der Waals surface area contributed by atoms with Crippen LogP contribution in [0.15, 0.2) is 92.6 Å². The molecule has 1 amide bonds. The standard InChI is InChI=1S/C25H21N3O3S2/c1-27-20-15-19(31-3)13-14-21(20)32-24(27)22-23(29)28(17-7-5-4-6-8-17)25(33-22)26-16-9-11-18(30-2)12-10-16/h4-15H,1-3H3/b24-22-,26-25?. The number of hydrogen-bond acceptors (Lipinski definition) is 7. The van der Waals surface area contributed by atoms with Crippen molar-refractivity contribution in [3.8, 4) is 11.5 Å². The molecule has 5 rings (SSSR count). The summed E-state index contributed by atoms with van der Waals surface area (Å²) < 4.78 is 10.6. The van der Waals surface area contributed by atoms with Crippen molar-refractivity contribution in [1.82, 2.24) is 0 Å². The third-order valence-electron chi connectivity index (χ3n) is 5.33. The lowest BCUT2D eigenvalue weighted by Gasteiger charge is -2.17. The summed E-state index contributed by atoms with van der Waals surface area (Å²) in [4.78, 5) is 24.0. The van der Waals surface area contributed by atoms with Gasteiger partial charge in [0.25, 0.3) is 5.91 Å². The second-order valence-corrected chi connectivity index (χ2v) is 9.31. The van der Waals surface area contributed by atoms with E-state index in [2.05, 4.69) is 0 Å². The van der Waals surface area contributed by atoms with Gasteiger partial charge in [0.05, 0.1) is 36.3 Å². The molecule has 2 aliphatic heterocycles. The maximum absolute atomic E-state index is 13.7. The number of benzene rings is 3. The minimum absolute atomic E-state index is 0.0902. The Balaban J connectivity index is 1.57. The molecule has 0 saturated carbocycles. The van der Waals surface area contributed by atoms with Crippen molar-refractivity contribution in [2.75, 3.05) is 31.1 Å². The number of ether oxygens (including phenoxy) is 2. The van der Waals surface area contributed by atoms with Gasteiger partial charge in [0.2, 0.25) is 0 Å². The van der Waals surface area contributed by atoms with Crippen LogP contribution in [0.5, 0.6) is 11.5 Å². The number of para-hydroxylation sites is 1. The summed E-state index contributed by atoms with van der Waals surface area (Å²) >= 11 is 2.97. The maximum atomic E-state index is 13.7. The number of hydrogen-bond donors (Lipinski definition) is 0. The molecule has 0 unspecified atom stereocenters. The number of fused-ring (bicyclic) bond motifs is 1. The van der Waals surface area contributed by atoms with Crippen LogP contribution in [-0.4, -0.2) is 32.3 Å². The minimum atomic E-state index is -0.0902. The molecule has 0 atom stereocenters. The van der Waals surface area contributed by atoms with Crippen LogP contribution >= 0.6 is 23.5 Å². The predicted molar refractivity (Wildman–Crippen MR) is 136 cm³/mol. The fraction of sp³-hybridized carbons (Fsp3) is 0.120. The van der Waals surface area contributed by atoms with E-state index in [4.69, 9.17) is 14.5 Å². The van der Waals surface area contributed by atoms with Crippen LogP contribution in [0.4, 0.5) is 17.1 Å². The number of carbonyl (C=O) groups excluding carboxylic acids is 1. The van der Waals surface area contributed by atoms with E-state index < -0.39 is 0 Å². The molecule has 3 aromatic carbocycles. The van der Waals surface area contributed by atoms with Crippen LogP contribution in [0.2, 0.25) is 0 Å². The highest BCUT2D eigenvalue weighted by molar-refractivity contribution is 8.20. The molecule has 0 aromatic heterocycles. The van der Waals surface area contributed by atoms with E-state index in [1.807, 2.05) is 84.7 Å². The molecule has 0 radical (unpaired) electrons. The van der Waals surface area contributed by atoms with Gasteiger partial charge in [-0.25, -0.2) is 4.99 Å². The molecule has 2 heterocycles. The van der Waals surface area contributed by atoms with Crippen LogP contribution in [0.25, 0.3) is 0 Å². The van der Waals surface area contributed by atoms with Gasteiger partial charge in [-0.1, -0.05) is 30.0 Å². The van der Waals surface area contributed by atoms with Crippen molar-refractivity contribution >= 4 is 51.7 Å². The summed E-state index contributed by atoms with van der Waals surface area (Å²) in [6.07, 6.45) is 0. The van der Waals surface area contributed by atoms with E-state index in [-0.39, 0.29) is 5.91 Å². The Hall–Kier alpha value is -3.36. The van der Waals surface area contributed by atoms with E-state index in [0.717, 1.165) is 38.5 Å². The van der Waals surface area contributed by atoms with E-state index in [0.29, 0.717) is 10.1 Å². The Kier molecular flexibility index (Phi) is 5.78. The highest BCUT2D eigenvalue weighted by atomic mass is 32.2. The first-order valence-corrected chi connectivity index (χ1v) is 11.9. The van der Waals surface area contributed by atoms with Crippen LogP contribution in [0.3, 0.4) is 0 Å². The monoisotopic (exact) mass is 475 g/mol. The first-order valence-electron chi connectivity index (χ1n) is 10.2. The molecule has 2 aliphatic rings. The van der Waals surface area contributed by atoms with Crippen LogP contribution in [0.1, 0.15) is 0 Å². The van der Waals surface area contributed by atoms with Gasteiger partial charge in [-0.3, -0.25) is 9.69 Å². The first kappa shape index (κ1) is 21.5. The molecule has 1 fully saturated rings. The lowest BCUT2D eigenvalue weighted by atomic mass is 10.2. The zero-order valence-electron chi connectivity index (χ0n) is 18.3. The third-order valence-corrected chi connectivity index (χ3v) is 7.72. The summed E-state index contributed by atoms with van der Waals surface area (Å²) in [6, 6.07) is 23.0. The lowest BCUT2D eigenvalue weighted by Crippen LogP contribution is -2.29. The van der Waals surface area contributed by atoms with Crippen molar-refractivity contribution in [3.05, 3.63) is 82.7 Å². The van der Waals surface area contributed by atoms with E-state index >= 15 is 0 Å². The van der Waals surface area contributed by atoms with Crippen LogP contribution < -0.4 is 19.3 Å². The second-order valence-electron chi connectivity index (χ2n) is 7.30. The lowest BCUT2D eigenvalue weighted by molar-refractivity contribution is -0.113. The van der Waals surface area contributed by atoms with Crippen molar-refractivity contribution in [1.29, 1.82) is 0 Å². The number of methoxy groups -OCH3 is 2. The van der Waals surface area contributed by atoms with Gasteiger partial charge < -0.3 is 14.4 Å². The topological polar surface area (TPSA) is 54.4 Å². The molecule has 0 spiro atoms. The highest BCUT2D eigenvalue weighted by Crippen LogP contribution is 2.51. The fourth-order valence-electron chi connectivity index (χ4n) is 3.60. The molecule has 0 aliphatic carbocycles. The molecule has 3 aromatic rings. The fourth-order valence-corrected chi connectivity index (χ4v) is 5.93. The van der Waals surface area contributed by atoms with Gasteiger partial charge in [-0.15, -0.1) is 0 Å². The average molecular weight is 476 g/mol. The number of rotatable bonds is 4. The molecule has 6 nitrogen and oxygen atoms in total. The predicted octanol–water partition coefficient (Wildman–Crippen LogP) is 5.88. The molecular formula is C25H21N3O3S2. The van der Waals surface area contributed by atoms with Crippen LogP contribution in [-0.2, 0) is 4.79 Å². The zero-order valence-corrected chi connectivity index (χ0v) is 19.9. The van der Waals surface area contributed by atoms with E-state index in [1.54, 1.807) is 30.9 Å². The summed E-state index contributed by atoms with van der Waals surface area (Å²) in [5.41, 5.74) is 2.54. The van der Waals surface area contributed by atoms with Gasteiger partial charge in [0.15, 0.2) is 5.17 Å². The van der Waals surface area contributed by atoms with Gasteiger partial charge in [0, 0.05) is 18.0 Å². The first-order chi connectivity index (χ1) is 16.1. The summed E-state index contributed by atoms with van der Waals surface area (Å²) in [6.45, 7) is 0. The SMILES string of the molecule is COc1ccc(N=C2S/C(=C3\Sc4ccc(OC)cc4N3C)C(=O)N2c2ccccc2)cc1. The molecule has 8 heteroatoms. The van der Waals surface area contributed by atoms with Gasteiger partial charge in [-0.2, -0.15) is 0 Å². The summed E-state index contributed by atoms with van der Waals surface area (Å²) in [7, 11) is 5.25. The van der Waals surface area contributed by atoms with Crippen molar-refractivity contribution < 1.29 is 14.3 Å². The number of amides is 1. The highest BCUT2D eigenvalue weighted by Gasteiger charge is 2.40. The van der Waals surface area contributed by atoms with Gasteiger partial charge in [-0.05, 0) is 60.3 Å². The number of carbonyl (C=O) groups is 1. The van der Waals surface area contributed by atoms with Crippen LogP contribution in [0, 0.1) is 0 Å². The molecular weight excluding hydrogens is 454 g/mol. The Morgan fingerprint density at radius 1 is 0.848 bits per heavy atom. The normalized spacial score (nSPS) is 18.8. The largest absolute Gasteiger partial charge is 0.497 e. The number of amidine groups is 1. The average Bonchev–Trinajstić information content (AvgIpc) is 3.35. The molecule has 166 valence electrons. The smallest absolute Gasteiger partial charge is 0.274 e. The Bertz CT molecular complexity index is 1270. The molecule has 1 saturated heterocycles. The number of nitrogens with zero attached hydrogens (tertiary/aromatic N) is 3. The maximum Gasteiger partial charge on any atom is 0.274 e. The third kappa shape index (κ3) is 3.96. The van der Waals surface area contributed by atoms with Crippen molar-refractivity contribution in [3.63, 3.8) is 0 Å². The summed E-state index contributed by atoms with van der Waals surface area (Å²) in [5.74, 6) is 1.45. The van der Waals surface area contributed by atoms with Gasteiger partial charge >= 0.3 is 0 Å². The van der Waals surface area contributed by atoms with E-state index in [9.17, 15) is 4.79 Å². The Morgan fingerprint density at radius 2 is 1.55 bits per heavy atom. The number of thioether (sulfide) groups is 2. The molecule has 0 bridgehead atoms. The Morgan fingerprint density at radius 3 is 2.24 bits per heavy atom. The molecule has 33 heavy (non-hydrogen) atoms. The number of anilines is 2. The second kappa shape index (κ2) is 8.88. The Labute approximate surface area is 200 Å². The van der Waals surface area contributed by atoms with Crippen molar-refractivity contribution in [2.45, 2.75) is 4.90 Å². The summed E-state index contributed by atoms with van der Waals surface area (Å²) in [5, 5.41) is 1.50. The van der Waals surface area contributed by atoms with Crippen molar-refractivity contribution in [2.24, 2.45) is 4.99 Å². The van der Waals surface area contributed by atoms with E-state index in [1.165, 1.54) is 11.8 Å². The molecule has 0 N–H and O–H groups in total. The zero-order chi connectivity index (χ0) is 22.9. The number of aliphatic imine (C=N–C) groups is 1. The van der Waals surface area contributed by atoms with Gasteiger partial charge in [0.1, 0.15) is 16.4 Å². The quantitative estimate of drug-likeness (QED) is 0.439.